The maximum absolute atomic E-state index is 12.3. The molecule has 1 amide bonds. The van der Waals surface area contributed by atoms with Crippen LogP contribution in [-0.4, -0.2) is 35.1 Å². The van der Waals surface area contributed by atoms with Crippen molar-refractivity contribution in [3.8, 4) is 6.07 Å². The molecule has 88 valence electrons. The molecule has 1 aliphatic carbocycles. The Balaban J connectivity index is 2.04. The third kappa shape index (κ3) is 1.92. The van der Waals surface area contributed by atoms with Crippen LogP contribution in [0.3, 0.4) is 0 Å². The fourth-order valence-corrected chi connectivity index (χ4v) is 2.72. The molecule has 2 aliphatic rings. The fourth-order valence-electron chi connectivity index (χ4n) is 2.72. The van der Waals surface area contributed by atoms with E-state index in [1.165, 1.54) is 0 Å². The quantitative estimate of drug-likeness (QED) is 0.721. The number of hydrogen-bond acceptors (Lipinski definition) is 3. The van der Waals surface area contributed by atoms with E-state index >= 15 is 0 Å². The van der Waals surface area contributed by atoms with Crippen LogP contribution in [0.15, 0.2) is 0 Å². The molecule has 2 rings (SSSR count). The average molecular weight is 222 g/mol. The number of nitrogens with zero attached hydrogens (tertiary/aromatic N) is 2. The Hall–Kier alpha value is -1.08. The van der Waals surface area contributed by atoms with E-state index in [1.807, 2.05) is 0 Å². The minimum absolute atomic E-state index is 0.000556. The van der Waals surface area contributed by atoms with Crippen molar-refractivity contribution in [2.24, 2.45) is 5.41 Å². The van der Waals surface area contributed by atoms with Crippen molar-refractivity contribution >= 4 is 5.91 Å². The Bertz CT molecular complexity index is 307. The maximum Gasteiger partial charge on any atom is 0.243 e. The first-order chi connectivity index (χ1) is 7.68. The van der Waals surface area contributed by atoms with Crippen molar-refractivity contribution < 1.29 is 9.90 Å². The van der Waals surface area contributed by atoms with E-state index in [9.17, 15) is 15.2 Å². The zero-order valence-corrected chi connectivity index (χ0v) is 9.48. The number of aliphatic hydroxyl groups excluding tert-OH is 1. The summed E-state index contributed by atoms with van der Waals surface area (Å²) in [6.07, 6.45) is 4.40. The number of piperidine rings is 1. The number of carbonyl (C=O) groups is 1. The molecule has 1 saturated heterocycles. The lowest BCUT2D eigenvalue weighted by Crippen LogP contribution is -2.46. The molecule has 16 heavy (non-hydrogen) atoms. The van der Waals surface area contributed by atoms with Gasteiger partial charge in [0, 0.05) is 13.1 Å². The van der Waals surface area contributed by atoms with Gasteiger partial charge in [0.15, 0.2) is 0 Å². The molecule has 4 nitrogen and oxygen atoms in total. The largest absolute Gasteiger partial charge is 0.393 e. The topological polar surface area (TPSA) is 64.3 Å². The average Bonchev–Trinajstić information content (AvgIpc) is 2.79. The highest BCUT2D eigenvalue weighted by molar-refractivity contribution is 5.85. The molecular weight excluding hydrogens is 204 g/mol. The zero-order chi connectivity index (χ0) is 11.6. The summed E-state index contributed by atoms with van der Waals surface area (Å²) in [5.74, 6) is -0.000556. The Morgan fingerprint density at radius 3 is 2.38 bits per heavy atom. The molecule has 0 aromatic rings. The first-order valence-corrected chi connectivity index (χ1v) is 6.07. The first kappa shape index (κ1) is 11.4. The molecule has 0 radical (unpaired) electrons. The number of rotatable bonds is 1. The predicted octanol–water partition coefficient (Wildman–Crippen LogP) is 1.05. The number of nitriles is 1. The molecule has 4 heteroatoms. The van der Waals surface area contributed by atoms with E-state index < -0.39 is 5.41 Å². The lowest BCUT2D eigenvalue weighted by Gasteiger charge is -2.34. The van der Waals surface area contributed by atoms with Crippen molar-refractivity contribution in [2.45, 2.75) is 44.6 Å². The number of likely N-dealkylation sites (tertiary alicyclic amines) is 1. The summed E-state index contributed by atoms with van der Waals surface area (Å²) >= 11 is 0. The Kier molecular flexibility index (Phi) is 3.15. The lowest BCUT2D eigenvalue weighted by atomic mass is 9.85. The van der Waals surface area contributed by atoms with E-state index in [0.29, 0.717) is 38.8 Å². The van der Waals surface area contributed by atoms with E-state index in [-0.39, 0.29) is 12.0 Å². The summed E-state index contributed by atoms with van der Waals surface area (Å²) in [4.78, 5) is 14.0. The molecule has 0 unspecified atom stereocenters. The molecule has 2 fully saturated rings. The standard InChI is InChI=1S/C12H18N2O2/c13-9-12(5-1-2-6-12)11(16)14-7-3-10(15)4-8-14/h10,15H,1-8H2. The van der Waals surface area contributed by atoms with Gasteiger partial charge in [0.2, 0.25) is 5.91 Å². The number of amides is 1. The molecule has 1 saturated carbocycles. The maximum atomic E-state index is 12.3. The predicted molar refractivity (Wildman–Crippen MR) is 58.3 cm³/mol. The Morgan fingerprint density at radius 1 is 1.31 bits per heavy atom. The number of hydrogen-bond donors (Lipinski definition) is 1. The summed E-state index contributed by atoms with van der Waals surface area (Å²) in [5, 5.41) is 18.6. The second kappa shape index (κ2) is 4.42. The zero-order valence-electron chi connectivity index (χ0n) is 9.48. The molecule has 1 heterocycles. The van der Waals surface area contributed by atoms with Crippen LogP contribution >= 0.6 is 0 Å². The van der Waals surface area contributed by atoms with E-state index in [0.717, 1.165) is 12.8 Å². The van der Waals surface area contributed by atoms with Crippen LogP contribution in [0, 0.1) is 16.7 Å². The SMILES string of the molecule is N#CC1(C(=O)N2CCC(O)CC2)CCCC1. The van der Waals surface area contributed by atoms with Crippen molar-refractivity contribution in [3.63, 3.8) is 0 Å². The molecule has 1 aliphatic heterocycles. The third-order valence-electron chi connectivity index (χ3n) is 3.83. The van der Waals surface area contributed by atoms with Crippen LogP contribution < -0.4 is 0 Å². The summed E-state index contributed by atoms with van der Waals surface area (Å²) < 4.78 is 0. The normalized spacial score (nSPS) is 25.4. The van der Waals surface area contributed by atoms with E-state index in [1.54, 1.807) is 4.90 Å². The lowest BCUT2D eigenvalue weighted by molar-refractivity contribution is -0.140. The van der Waals surface area contributed by atoms with Crippen molar-refractivity contribution in [1.29, 1.82) is 5.26 Å². The second-order valence-corrected chi connectivity index (χ2v) is 4.92. The Labute approximate surface area is 95.9 Å². The van der Waals surface area contributed by atoms with Crippen LogP contribution in [0.4, 0.5) is 0 Å². The van der Waals surface area contributed by atoms with Crippen LogP contribution in [0.25, 0.3) is 0 Å². The van der Waals surface area contributed by atoms with Gasteiger partial charge in [-0.15, -0.1) is 0 Å². The van der Waals surface area contributed by atoms with Crippen LogP contribution in [0.1, 0.15) is 38.5 Å². The summed E-state index contributed by atoms with van der Waals surface area (Å²) in [6.45, 7) is 1.20. The molecule has 0 aromatic heterocycles. The minimum atomic E-state index is -0.748. The molecule has 1 N–H and O–H groups in total. The summed E-state index contributed by atoms with van der Waals surface area (Å²) in [6, 6.07) is 2.23. The van der Waals surface area contributed by atoms with Gasteiger partial charge in [-0.05, 0) is 25.7 Å². The highest BCUT2D eigenvalue weighted by Gasteiger charge is 2.44. The highest BCUT2D eigenvalue weighted by Crippen LogP contribution is 2.39. The Morgan fingerprint density at radius 2 is 1.88 bits per heavy atom. The summed E-state index contributed by atoms with van der Waals surface area (Å²) in [5.41, 5.74) is -0.748. The van der Waals surface area contributed by atoms with Gasteiger partial charge in [-0.2, -0.15) is 5.26 Å². The second-order valence-electron chi connectivity index (χ2n) is 4.92. The van der Waals surface area contributed by atoms with Gasteiger partial charge in [0.1, 0.15) is 5.41 Å². The molecule has 0 spiro atoms. The van der Waals surface area contributed by atoms with Gasteiger partial charge in [0.25, 0.3) is 0 Å². The van der Waals surface area contributed by atoms with Crippen LogP contribution in [-0.2, 0) is 4.79 Å². The highest BCUT2D eigenvalue weighted by atomic mass is 16.3. The molecule has 0 atom stereocenters. The number of aliphatic hydroxyl groups is 1. The van der Waals surface area contributed by atoms with Crippen LogP contribution in [0.2, 0.25) is 0 Å². The fraction of sp³-hybridized carbons (Fsp3) is 0.833. The van der Waals surface area contributed by atoms with Crippen molar-refractivity contribution in [3.05, 3.63) is 0 Å². The van der Waals surface area contributed by atoms with E-state index in [2.05, 4.69) is 6.07 Å². The molecular formula is C12H18N2O2. The van der Waals surface area contributed by atoms with Gasteiger partial charge in [-0.3, -0.25) is 4.79 Å². The monoisotopic (exact) mass is 222 g/mol. The smallest absolute Gasteiger partial charge is 0.243 e. The minimum Gasteiger partial charge on any atom is -0.393 e. The molecule has 0 aromatic carbocycles. The first-order valence-electron chi connectivity index (χ1n) is 6.07. The van der Waals surface area contributed by atoms with Gasteiger partial charge >= 0.3 is 0 Å². The van der Waals surface area contributed by atoms with E-state index in [4.69, 9.17) is 0 Å². The van der Waals surface area contributed by atoms with Gasteiger partial charge in [0.05, 0.1) is 12.2 Å². The van der Waals surface area contributed by atoms with Gasteiger partial charge < -0.3 is 10.0 Å². The third-order valence-corrected chi connectivity index (χ3v) is 3.83. The van der Waals surface area contributed by atoms with Crippen molar-refractivity contribution in [2.75, 3.05) is 13.1 Å². The van der Waals surface area contributed by atoms with Crippen molar-refractivity contribution in [1.82, 2.24) is 4.90 Å². The van der Waals surface area contributed by atoms with Crippen LogP contribution in [0.5, 0.6) is 0 Å². The van der Waals surface area contributed by atoms with Gasteiger partial charge in [-0.1, -0.05) is 12.8 Å². The summed E-state index contributed by atoms with van der Waals surface area (Å²) in [7, 11) is 0. The molecule has 0 bridgehead atoms. The number of carbonyl (C=O) groups excluding carboxylic acids is 1. The van der Waals surface area contributed by atoms with Gasteiger partial charge in [-0.25, -0.2) is 0 Å².